The molecule has 0 aliphatic rings. The molecule has 124 valence electrons. The summed E-state index contributed by atoms with van der Waals surface area (Å²) in [7, 11) is 0. The number of carbonyl (C=O) groups is 1. The molecule has 6 heteroatoms. The van der Waals surface area contributed by atoms with Gasteiger partial charge in [-0.15, -0.1) is 11.8 Å². The Morgan fingerprint density at radius 1 is 1.36 bits per heavy atom. The van der Waals surface area contributed by atoms with Crippen LogP contribution >= 0.6 is 23.5 Å². The highest BCUT2D eigenvalue weighted by Gasteiger charge is 2.10. The molecule has 22 heavy (non-hydrogen) atoms. The van der Waals surface area contributed by atoms with E-state index in [1.165, 1.54) is 17.8 Å². The third-order valence-electron chi connectivity index (χ3n) is 3.23. The van der Waals surface area contributed by atoms with Crippen LogP contribution in [0.2, 0.25) is 0 Å². The van der Waals surface area contributed by atoms with Crippen molar-refractivity contribution < 1.29 is 13.9 Å². The van der Waals surface area contributed by atoms with Crippen LogP contribution in [0.5, 0.6) is 5.75 Å². The molecule has 0 aromatic heterocycles. The number of benzene rings is 1. The van der Waals surface area contributed by atoms with Gasteiger partial charge in [0.25, 0.3) is 0 Å². The molecule has 0 heterocycles. The van der Waals surface area contributed by atoms with Crippen LogP contribution < -0.4 is 10.1 Å². The molecule has 2 atom stereocenters. The Hall–Kier alpha value is -0.720. The minimum absolute atomic E-state index is 0.0132. The smallest absolute Gasteiger partial charge is 0.189 e. The Labute approximate surface area is 140 Å². The van der Waals surface area contributed by atoms with Gasteiger partial charge in [-0.3, -0.25) is 4.79 Å². The molecular formula is C16H24FNO2S2. The molecule has 0 saturated heterocycles. The molecule has 2 unspecified atom stereocenters. The topological polar surface area (TPSA) is 38.3 Å². The van der Waals surface area contributed by atoms with Gasteiger partial charge in [0.05, 0.1) is 5.37 Å². The molecule has 0 bridgehead atoms. The van der Waals surface area contributed by atoms with Crippen molar-refractivity contribution in [3.63, 3.8) is 0 Å². The van der Waals surface area contributed by atoms with Gasteiger partial charge in [-0.2, -0.15) is 0 Å². The van der Waals surface area contributed by atoms with Crippen LogP contribution in [-0.4, -0.2) is 35.6 Å². The molecule has 1 rings (SSSR count). The normalized spacial score (nSPS) is 13.7. The van der Waals surface area contributed by atoms with Crippen molar-refractivity contribution in [3.05, 3.63) is 29.6 Å². The highest BCUT2D eigenvalue weighted by atomic mass is 32.2. The lowest BCUT2D eigenvalue weighted by molar-refractivity contribution is -0.110. The summed E-state index contributed by atoms with van der Waals surface area (Å²) in [5, 5.41) is 3.77. The van der Waals surface area contributed by atoms with E-state index in [0.717, 1.165) is 6.54 Å². The van der Waals surface area contributed by atoms with Crippen LogP contribution in [0.3, 0.4) is 0 Å². The van der Waals surface area contributed by atoms with E-state index in [2.05, 4.69) is 12.2 Å². The second-order valence-corrected chi connectivity index (χ2v) is 7.09. The van der Waals surface area contributed by atoms with Crippen LogP contribution in [-0.2, 0) is 11.2 Å². The summed E-state index contributed by atoms with van der Waals surface area (Å²) >= 11 is 2.91. The first-order chi connectivity index (χ1) is 10.5. The Morgan fingerprint density at radius 2 is 2.09 bits per heavy atom. The standard InChI is InChI=1S/C16H24FNO2S2/c1-11(10-18-12(2)21-3)20-14-6-7-15(17)13(9-14)5-8-16(19)22-4/h6-7,9,11-12,18H,5,8,10H2,1-4H3. The van der Waals surface area contributed by atoms with Crippen LogP contribution in [0, 0.1) is 5.82 Å². The molecule has 0 aliphatic heterocycles. The number of aryl methyl sites for hydroxylation is 1. The Bertz CT molecular complexity index is 485. The number of halogens is 1. The fraction of sp³-hybridized carbons (Fsp3) is 0.562. The fourth-order valence-corrected chi connectivity index (χ4v) is 2.41. The maximum atomic E-state index is 13.8. The van der Waals surface area contributed by atoms with Crippen LogP contribution in [0.1, 0.15) is 25.8 Å². The van der Waals surface area contributed by atoms with Gasteiger partial charge in [0.1, 0.15) is 17.7 Å². The molecular weight excluding hydrogens is 321 g/mol. The molecule has 1 aromatic rings. The van der Waals surface area contributed by atoms with E-state index >= 15 is 0 Å². The highest BCUT2D eigenvalue weighted by Crippen LogP contribution is 2.20. The van der Waals surface area contributed by atoms with Gasteiger partial charge in [-0.25, -0.2) is 4.39 Å². The third-order valence-corrected chi connectivity index (χ3v) is 4.76. The number of thioether (sulfide) groups is 2. The summed E-state index contributed by atoms with van der Waals surface area (Å²) in [5.41, 5.74) is 0.526. The van der Waals surface area contributed by atoms with Crippen molar-refractivity contribution in [2.75, 3.05) is 19.1 Å². The first-order valence-corrected chi connectivity index (χ1v) is 9.75. The summed E-state index contributed by atoms with van der Waals surface area (Å²) in [4.78, 5) is 11.3. The van der Waals surface area contributed by atoms with Crippen LogP contribution in [0.25, 0.3) is 0 Å². The van der Waals surface area contributed by atoms with Crippen molar-refractivity contribution in [2.24, 2.45) is 0 Å². The van der Waals surface area contributed by atoms with Gasteiger partial charge in [-0.1, -0.05) is 11.8 Å². The zero-order valence-electron chi connectivity index (χ0n) is 13.5. The van der Waals surface area contributed by atoms with Gasteiger partial charge in [-0.05, 0) is 56.5 Å². The average Bonchev–Trinajstić information content (AvgIpc) is 2.52. The highest BCUT2D eigenvalue weighted by molar-refractivity contribution is 8.13. The van der Waals surface area contributed by atoms with Gasteiger partial charge in [0.2, 0.25) is 0 Å². The Balaban J connectivity index is 2.58. The predicted octanol–water partition coefficient (Wildman–Crippen LogP) is 3.71. The lowest BCUT2D eigenvalue weighted by Gasteiger charge is -2.18. The number of nitrogens with one attached hydrogen (secondary N) is 1. The van der Waals surface area contributed by atoms with E-state index in [4.69, 9.17) is 4.74 Å². The average molecular weight is 346 g/mol. The summed E-state index contributed by atoms with van der Waals surface area (Å²) in [6, 6.07) is 4.72. The molecule has 1 aromatic carbocycles. The number of carbonyl (C=O) groups excluding carboxylic acids is 1. The van der Waals surface area contributed by atoms with E-state index in [1.807, 2.05) is 13.2 Å². The van der Waals surface area contributed by atoms with Crippen molar-refractivity contribution >= 4 is 28.6 Å². The molecule has 0 fully saturated rings. The Morgan fingerprint density at radius 3 is 2.73 bits per heavy atom. The fourth-order valence-electron chi connectivity index (χ4n) is 1.84. The number of hydrogen-bond donors (Lipinski definition) is 1. The van der Waals surface area contributed by atoms with E-state index in [0.29, 0.717) is 29.5 Å². The molecule has 0 aliphatic carbocycles. The summed E-state index contributed by atoms with van der Waals surface area (Å²) in [5.74, 6) is 0.349. The van der Waals surface area contributed by atoms with Crippen molar-refractivity contribution in [2.45, 2.75) is 38.2 Å². The zero-order valence-corrected chi connectivity index (χ0v) is 15.2. The van der Waals surface area contributed by atoms with E-state index in [-0.39, 0.29) is 17.0 Å². The monoisotopic (exact) mass is 345 g/mol. The van der Waals surface area contributed by atoms with Crippen molar-refractivity contribution in [3.8, 4) is 5.75 Å². The minimum Gasteiger partial charge on any atom is -0.489 e. The second-order valence-electron chi connectivity index (χ2n) is 5.04. The molecule has 0 amide bonds. The molecule has 0 radical (unpaired) electrons. The van der Waals surface area contributed by atoms with Crippen molar-refractivity contribution in [1.29, 1.82) is 0 Å². The quantitative estimate of drug-likeness (QED) is 0.691. The first kappa shape index (κ1) is 19.3. The van der Waals surface area contributed by atoms with Gasteiger partial charge in [0, 0.05) is 13.0 Å². The summed E-state index contributed by atoms with van der Waals surface area (Å²) in [6.45, 7) is 4.79. The van der Waals surface area contributed by atoms with Gasteiger partial charge >= 0.3 is 0 Å². The first-order valence-electron chi connectivity index (χ1n) is 7.24. The summed E-state index contributed by atoms with van der Waals surface area (Å²) < 4.78 is 19.6. The van der Waals surface area contributed by atoms with Crippen molar-refractivity contribution in [1.82, 2.24) is 5.32 Å². The summed E-state index contributed by atoms with van der Waals surface area (Å²) in [6.07, 6.45) is 4.51. The second kappa shape index (κ2) is 10.1. The lowest BCUT2D eigenvalue weighted by Crippen LogP contribution is -2.33. The van der Waals surface area contributed by atoms with E-state index in [1.54, 1.807) is 30.2 Å². The molecule has 0 spiro atoms. The van der Waals surface area contributed by atoms with E-state index in [9.17, 15) is 9.18 Å². The zero-order chi connectivity index (χ0) is 16.5. The van der Waals surface area contributed by atoms with E-state index < -0.39 is 0 Å². The SMILES string of the molecule is CSC(=O)CCc1cc(OC(C)CNC(C)SC)ccc1F. The minimum atomic E-state index is -0.289. The molecule has 0 saturated carbocycles. The van der Waals surface area contributed by atoms with Crippen LogP contribution in [0.4, 0.5) is 4.39 Å². The third kappa shape index (κ3) is 7.03. The lowest BCUT2D eigenvalue weighted by atomic mass is 10.1. The Kier molecular flexibility index (Phi) is 8.90. The van der Waals surface area contributed by atoms with Crippen LogP contribution in [0.15, 0.2) is 18.2 Å². The molecule has 1 N–H and O–H groups in total. The number of hydrogen-bond acceptors (Lipinski definition) is 5. The van der Waals surface area contributed by atoms with Gasteiger partial charge in [0.15, 0.2) is 5.12 Å². The largest absolute Gasteiger partial charge is 0.489 e. The van der Waals surface area contributed by atoms with Gasteiger partial charge < -0.3 is 10.1 Å². The maximum absolute atomic E-state index is 13.8. The maximum Gasteiger partial charge on any atom is 0.189 e. The number of rotatable bonds is 9. The number of ether oxygens (including phenoxy) is 1. The predicted molar refractivity (Wildman–Crippen MR) is 94.3 cm³/mol. The molecule has 3 nitrogen and oxygen atoms in total.